The zero-order valence-corrected chi connectivity index (χ0v) is 13.4. The molecule has 1 amide bonds. The molecule has 0 bridgehead atoms. The third-order valence-electron chi connectivity index (χ3n) is 4.75. The second kappa shape index (κ2) is 6.63. The van der Waals surface area contributed by atoms with Gasteiger partial charge in [0.1, 0.15) is 11.6 Å². The molecule has 1 heterocycles. The predicted molar refractivity (Wildman–Crippen MR) is 87.3 cm³/mol. The number of carbonyl (C=O) groups is 2. The summed E-state index contributed by atoms with van der Waals surface area (Å²) < 4.78 is 26.6. The molecule has 0 spiro atoms. The molecule has 0 saturated carbocycles. The molecule has 130 valence electrons. The van der Waals surface area contributed by atoms with Gasteiger partial charge in [-0.05, 0) is 30.5 Å². The molecule has 0 radical (unpaired) electrons. The first-order valence-electron chi connectivity index (χ1n) is 7.97. The van der Waals surface area contributed by atoms with Crippen LogP contribution in [0.1, 0.15) is 28.8 Å². The van der Waals surface area contributed by atoms with Crippen LogP contribution >= 0.6 is 0 Å². The highest BCUT2D eigenvalue weighted by molar-refractivity contribution is 5.94. The van der Waals surface area contributed by atoms with Gasteiger partial charge >= 0.3 is 5.97 Å². The summed E-state index contributed by atoms with van der Waals surface area (Å²) in [4.78, 5) is 25.8. The van der Waals surface area contributed by atoms with Crippen molar-refractivity contribution in [1.82, 2.24) is 4.90 Å². The van der Waals surface area contributed by atoms with Crippen molar-refractivity contribution in [3.63, 3.8) is 0 Å². The normalized spacial score (nSPS) is 16.5. The number of likely N-dealkylation sites (tertiary alicyclic amines) is 1. The monoisotopic (exact) mass is 345 g/mol. The van der Waals surface area contributed by atoms with Crippen LogP contribution in [0.2, 0.25) is 0 Å². The summed E-state index contributed by atoms with van der Waals surface area (Å²) in [6.07, 6.45) is 0.492. The zero-order valence-electron chi connectivity index (χ0n) is 13.4. The molecule has 0 aromatic heterocycles. The van der Waals surface area contributed by atoms with E-state index >= 15 is 0 Å². The lowest BCUT2D eigenvalue weighted by atomic mass is 9.73. The number of carboxylic acids is 1. The van der Waals surface area contributed by atoms with Crippen LogP contribution in [-0.2, 0) is 10.2 Å². The molecule has 0 atom stereocenters. The second-order valence-electron chi connectivity index (χ2n) is 6.20. The minimum absolute atomic E-state index is 0.0694. The van der Waals surface area contributed by atoms with E-state index in [1.807, 2.05) is 6.07 Å². The molecule has 1 aliphatic heterocycles. The summed E-state index contributed by atoms with van der Waals surface area (Å²) in [5.74, 6) is -3.05. The number of amides is 1. The highest BCUT2D eigenvalue weighted by Crippen LogP contribution is 2.36. The minimum Gasteiger partial charge on any atom is -0.481 e. The fourth-order valence-corrected chi connectivity index (χ4v) is 3.33. The number of aliphatic carboxylic acids is 1. The lowest BCUT2D eigenvalue weighted by molar-refractivity contribution is -0.145. The Bertz CT molecular complexity index is 779. The Hall–Kier alpha value is -2.76. The van der Waals surface area contributed by atoms with Gasteiger partial charge in [0, 0.05) is 24.7 Å². The molecule has 1 saturated heterocycles. The lowest BCUT2D eigenvalue weighted by Crippen LogP contribution is -2.49. The van der Waals surface area contributed by atoms with Crippen molar-refractivity contribution in [3.8, 4) is 0 Å². The topological polar surface area (TPSA) is 57.6 Å². The summed E-state index contributed by atoms with van der Waals surface area (Å²) in [7, 11) is 0. The van der Waals surface area contributed by atoms with Gasteiger partial charge in [0.2, 0.25) is 0 Å². The smallest absolute Gasteiger partial charge is 0.314 e. The van der Waals surface area contributed by atoms with Crippen LogP contribution in [0.25, 0.3) is 0 Å². The molecule has 25 heavy (non-hydrogen) atoms. The lowest BCUT2D eigenvalue weighted by Gasteiger charge is -2.39. The van der Waals surface area contributed by atoms with E-state index in [9.17, 15) is 23.5 Å². The van der Waals surface area contributed by atoms with Crippen LogP contribution in [0.3, 0.4) is 0 Å². The third-order valence-corrected chi connectivity index (χ3v) is 4.75. The Kier molecular flexibility index (Phi) is 4.53. The number of carbonyl (C=O) groups excluding carboxylic acids is 1. The van der Waals surface area contributed by atoms with E-state index < -0.39 is 28.9 Å². The third kappa shape index (κ3) is 3.24. The standard InChI is InChI=1S/C19H17F2NO3/c20-15-10-13(11-16(21)12-15)17(23)22-8-6-19(7-9-22,18(24)25)14-4-2-1-3-5-14/h1-5,10-12H,6-9H2,(H,24,25). The summed E-state index contributed by atoms with van der Waals surface area (Å²) in [6.45, 7) is 0.413. The molecule has 0 unspecified atom stereocenters. The minimum atomic E-state index is -1.05. The van der Waals surface area contributed by atoms with Gasteiger partial charge in [-0.1, -0.05) is 30.3 Å². The van der Waals surface area contributed by atoms with Gasteiger partial charge < -0.3 is 10.0 Å². The molecule has 3 rings (SSSR count). The molecule has 2 aromatic rings. The van der Waals surface area contributed by atoms with E-state index in [4.69, 9.17) is 0 Å². The maximum absolute atomic E-state index is 13.3. The van der Waals surface area contributed by atoms with E-state index in [2.05, 4.69) is 0 Å². The van der Waals surface area contributed by atoms with Gasteiger partial charge in [0.05, 0.1) is 5.41 Å². The Morgan fingerprint density at radius 1 is 0.960 bits per heavy atom. The molecular weight excluding hydrogens is 328 g/mol. The highest BCUT2D eigenvalue weighted by Gasteiger charge is 2.43. The number of halogens is 2. The maximum atomic E-state index is 13.3. The van der Waals surface area contributed by atoms with E-state index in [0.717, 1.165) is 12.1 Å². The van der Waals surface area contributed by atoms with Gasteiger partial charge in [-0.3, -0.25) is 9.59 Å². The summed E-state index contributed by atoms with van der Waals surface area (Å²) in [6, 6.07) is 11.6. The van der Waals surface area contributed by atoms with Crippen molar-refractivity contribution in [2.24, 2.45) is 0 Å². The van der Waals surface area contributed by atoms with Gasteiger partial charge in [-0.25, -0.2) is 8.78 Å². The number of hydrogen-bond acceptors (Lipinski definition) is 2. The first-order chi connectivity index (χ1) is 11.9. The fourth-order valence-electron chi connectivity index (χ4n) is 3.33. The maximum Gasteiger partial charge on any atom is 0.314 e. The van der Waals surface area contributed by atoms with E-state index in [1.165, 1.54) is 4.90 Å². The first kappa shape index (κ1) is 17.1. The first-order valence-corrected chi connectivity index (χ1v) is 7.97. The van der Waals surface area contributed by atoms with Gasteiger partial charge in [0.25, 0.3) is 5.91 Å². The van der Waals surface area contributed by atoms with Crippen molar-refractivity contribution >= 4 is 11.9 Å². The molecule has 1 N–H and O–H groups in total. The zero-order chi connectivity index (χ0) is 18.0. The largest absolute Gasteiger partial charge is 0.481 e. The second-order valence-corrected chi connectivity index (χ2v) is 6.20. The number of carboxylic acid groups (broad SMARTS) is 1. The van der Waals surface area contributed by atoms with Crippen LogP contribution in [0.5, 0.6) is 0 Å². The van der Waals surface area contributed by atoms with Crippen molar-refractivity contribution in [2.45, 2.75) is 18.3 Å². The average Bonchev–Trinajstić information content (AvgIpc) is 2.61. The molecular formula is C19H17F2NO3. The van der Waals surface area contributed by atoms with E-state index in [1.54, 1.807) is 24.3 Å². The Morgan fingerprint density at radius 2 is 1.52 bits per heavy atom. The number of benzene rings is 2. The van der Waals surface area contributed by atoms with E-state index in [0.29, 0.717) is 11.6 Å². The average molecular weight is 345 g/mol. The molecule has 4 nitrogen and oxygen atoms in total. The quantitative estimate of drug-likeness (QED) is 0.929. The number of nitrogens with zero attached hydrogens (tertiary/aromatic N) is 1. The van der Waals surface area contributed by atoms with Crippen LogP contribution < -0.4 is 0 Å². The number of piperidine rings is 1. The molecule has 0 aliphatic carbocycles. The number of hydrogen-bond donors (Lipinski definition) is 1. The van der Waals surface area contributed by atoms with Crippen molar-refractivity contribution in [1.29, 1.82) is 0 Å². The summed E-state index contributed by atoms with van der Waals surface area (Å²) in [5.41, 5.74) is -0.419. The van der Waals surface area contributed by atoms with Gasteiger partial charge in [0.15, 0.2) is 0 Å². The predicted octanol–water partition coefficient (Wildman–Crippen LogP) is 3.22. The molecule has 1 aliphatic rings. The molecule has 2 aromatic carbocycles. The molecule has 6 heteroatoms. The Morgan fingerprint density at radius 3 is 2.04 bits per heavy atom. The van der Waals surface area contributed by atoms with Gasteiger partial charge in [-0.15, -0.1) is 0 Å². The summed E-state index contributed by atoms with van der Waals surface area (Å²) >= 11 is 0. The highest BCUT2D eigenvalue weighted by atomic mass is 19.1. The fraction of sp³-hybridized carbons (Fsp3) is 0.263. The van der Waals surface area contributed by atoms with Crippen molar-refractivity contribution in [3.05, 3.63) is 71.3 Å². The Labute approximate surface area is 143 Å². The van der Waals surface area contributed by atoms with Crippen LogP contribution in [0.15, 0.2) is 48.5 Å². The summed E-state index contributed by atoms with van der Waals surface area (Å²) in [5, 5.41) is 9.75. The SMILES string of the molecule is O=C(c1cc(F)cc(F)c1)N1CCC(C(=O)O)(c2ccccc2)CC1. The van der Waals surface area contributed by atoms with Crippen molar-refractivity contribution in [2.75, 3.05) is 13.1 Å². The van der Waals surface area contributed by atoms with Crippen molar-refractivity contribution < 1.29 is 23.5 Å². The van der Waals surface area contributed by atoms with Crippen LogP contribution in [-0.4, -0.2) is 35.0 Å². The van der Waals surface area contributed by atoms with E-state index in [-0.39, 0.29) is 31.5 Å². The van der Waals surface area contributed by atoms with Crippen LogP contribution in [0, 0.1) is 11.6 Å². The molecule has 1 fully saturated rings. The van der Waals surface area contributed by atoms with Gasteiger partial charge in [-0.2, -0.15) is 0 Å². The Balaban J connectivity index is 1.80. The van der Waals surface area contributed by atoms with Crippen LogP contribution in [0.4, 0.5) is 8.78 Å². The number of rotatable bonds is 3.